The number of hydrogen-bond acceptors (Lipinski definition) is 5. The highest BCUT2D eigenvalue weighted by molar-refractivity contribution is 5.92. The highest BCUT2D eigenvalue weighted by Gasteiger charge is 2.09. The molecule has 0 fully saturated rings. The SMILES string of the molecule is Cc1nonc1OCCNC(=O)c1cccn1C. The molecule has 1 amide bonds. The van der Waals surface area contributed by atoms with Crippen molar-refractivity contribution < 1.29 is 14.2 Å². The molecule has 7 nitrogen and oxygen atoms in total. The fraction of sp³-hybridized carbons (Fsp3) is 0.364. The number of nitrogens with zero attached hydrogens (tertiary/aromatic N) is 3. The Bertz CT molecular complexity index is 532. The van der Waals surface area contributed by atoms with Gasteiger partial charge < -0.3 is 14.6 Å². The zero-order valence-corrected chi connectivity index (χ0v) is 10.2. The predicted octanol–water partition coefficient (Wildman–Crippen LogP) is 0.525. The Morgan fingerprint density at radius 2 is 2.39 bits per heavy atom. The van der Waals surface area contributed by atoms with Gasteiger partial charge in [-0.05, 0) is 24.2 Å². The van der Waals surface area contributed by atoms with Gasteiger partial charge in [-0.15, -0.1) is 0 Å². The number of aromatic nitrogens is 3. The molecule has 2 heterocycles. The van der Waals surface area contributed by atoms with Gasteiger partial charge >= 0.3 is 0 Å². The monoisotopic (exact) mass is 250 g/mol. The van der Waals surface area contributed by atoms with Crippen molar-refractivity contribution in [3.05, 3.63) is 29.7 Å². The summed E-state index contributed by atoms with van der Waals surface area (Å²) in [6.07, 6.45) is 1.82. The first kappa shape index (κ1) is 12.2. The molecule has 0 radical (unpaired) electrons. The third-order valence-corrected chi connectivity index (χ3v) is 2.41. The minimum Gasteiger partial charge on any atom is -0.472 e. The van der Waals surface area contributed by atoms with Crippen LogP contribution in [0.4, 0.5) is 0 Å². The van der Waals surface area contributed by atoms with Crippen LogP contribution in [-0.4, -0.2) is 33.9 Å². The normalized spacial score (nSPS) is 10.3. The van der Waals surface area contributed by atoms with Crippen LogP contribution in [0.2, 0.25) is 0 Å². The van der Waals surface area contributed by atoms with Crippen LogP contribution in [0, 0.1) is 6.92 Å². The van der Waals surface area contributed by atoms with Crippen molar-refractivity contribution in [2.45, 2.75) is 6.92 Å². The van der Waals surface area contributed by atoms with Crippen LogP contribution in [-0.2, 0) is 7.05 Å². The van der Waals surface area contributed by atoms with Crippen LogP contribution in [0.1, 0.15) is 16.2 Å². The first-order valence-corrected chi connectivity index (χ1v) is 5.50. The Morgan fingerprint density at radius 1 is 1.56 bits per heavy atom. The van der Waals surface area contributed by atoms with Crippen molar-refractivity contribution in [2.75, 3.05) is 13.2 Å². The van der Waals surface area contributed by atoms with Crippen molar-refractivity contribution >= 4 is 5.91 Å². The Kier molecular flexibility index (Phi) is 3.61. The molecule has 2 rings (SSSR count). The third-order valence-electron chi connectivity index (χ3n) is 2.41. The zero-order chi connectivity index (χ0) is 13.0. The van der Waals surface area contributed by atoms with Gasteiger partial charge in [0.05, 0.1) is 6.54 Å². The molecule has 0 atom stereocenters. The standard InChI is InChI=1S/C11H14N4O3/c1-8-11(14-18-13-8)17-7-5-12-10(16)9-4-3-6-15(9)2/h3-4,6H,5,7H2,1-2H3,(H,12,16). The van der Waals surface area contributed by atoms with Crippen LogP contribution in [0.15, 0.2) is 23.0 Å². The van der Waals surface area contributed by atoms with Gasteiger partial charge in [-0.25, -0.2) is 4.63 Å². The Balaban J connectivity index is 1.75. The maximum atomic E-state index is 11.7. The van der Waals surface area contributed by atoms with Gasteiger partial charge in [0.25, 0.3) is 11.8 Å². The molecule has 2 aromatic heterocycles. The molecule has 0 bridgehead atoms. The van der Waals surface area contributed by atoms with Crippen LogP contribution in [0.5, 0.6) is 5.88 Å². The second-order valence-electron chi connectivity index (χ2n) is 3.76. The molecule has 18 heavy (non-hydrogen) atoms. The minimum absolute atomic E-state index is 0.138. The molecule has 0 aliphatic rings. The summed E-state index contributed by atoms with van der Waals surface area (Å²) in [5, 5.41) is 9.90. The van der Waals surface area contributed by atoms with Gasteiger partial charge in [-0.1, -0.05) is 5.16 Å². The minimum atomic E-state index is -0.138. The lowest BCUT2D eigenvalue weighted by Crippen LogP contribution is -2.29. The van der Waals surface area contributed by atoms with Gasteiger partial charge in [0, 0.05) is 13.2 Å². The maximum Gasteiger partial charge on any atom is 0.278 e. The van der Waals surface area contributed by atoms with Gasteiger partial charge in [-0.3, -0.25) is 4.79 Å². The van der Waals surface area contributed by atoms with E-state index in [4.69, 9.17) is 4.74 Å². The van der Waals surface area contributed by atoms with E-state index in [1.165, 1.54) is 0 Å². The first-order valence-electron chi connectivity index (χ1n) is 5.50. The molecule has 0 aromatic carbocycles. The summed E-state index contributed by atoms with van der Waals surface area (Å²) in [6.45, 7) is 2.43. The lowest BCUT2D eigenvalue weighted by molar-refractivity contribution is 0.0938. The second kappa shape index (κ2) is 5.35. The number of amides is 1. The van der Waals surface area contributed by atoms with Gasteiger partial charge in [-0.2, -0.15) is 0 Å². The second-order valence-corrected chi connectivity index (χ2v) is 3.76. The van der Waals surface area contributed by atoms with Crippen molar-refractivity contribution in [3.63, 3.8) is 0 Å². The fourth-order valence-electron chi connectivity index (χ4n) is 1.45. The van der Waals surface area contributed by atoms with E-state index >= 15 is 0 Å². The number of hydrogen-bond donors (Lipinski definition) is 1. The largest absolute Gasteiger partial charge is 0.472 e. The summed E-state index contributed by atoms with van der Waals surface area (Å²) >= 11 is 0. The van der Waals surface area contributed by atoms with E-state index in [2.05, 4.69) is 20.3 Å². The van der Waals surface area contributed by atoms with E-state index < -0.39 is 0 Å². The molecular formula is C11H14N4O3. The Morgan fingerprint density at radius 3 is 3.00 bits per heavy atom. The van der Waals surface area contributed by atoms with Crippen LogP contribution >= 0.6 is 0 Å². The molecule has 0 aliphatic carbocycles. The van der Waals surface area contributed by atoms with Gasteiger partial charge in [0.15, 0.2) is 0 Å². The van der Waals surface area contributed by atoms with Gasteiger partial charge in [0.1, 0.15) is 18.0 Å². The number of carbonyl (C=O) groups excluding carboxylic acids is 1. The smallest absolute Gasteiger partial charge is 0.278 e. The molecule has 7 heteroatoms. The third kappa shape index (κ3) is 2.68. The summed E-state index contributed by atoms with van der Waals surface area (Å²) in [4.78, 5) is 11.7. The fourth-order valence-corrected chi connectivity index (χ4v) is 1.45. The van der Waals surface area contributed by atoms with Crippen molar-refractivity contribution in [1.29, 1.82) is 0 Å². The van der Waals surface area contributed by atoms with Crippen molar-refractivity contribution in [2.24, 2.45) is 7.05 Å². The number of nitrogens with one attached hydrogen (secondary N) is 1. The Hall–Kier alpha value is -2.31. The average molecular weight is 250 g/mol. The van der Waals surface area contributed by atoms with Crippen molar-refractivity contribution in [1.82, 2.24) is 20.2 Å². The van der Waals surface area contributed by atoms with E-state index in [1.807, 2.05) is 19.3 Å². The lowest BCUT2D eigenvalue weighted by Gasteiger charge is -2.06. The van der Waals surface area contributed by atoms with E-state index in [-0.39, 0.29) is 5.91 Å². The average Bonchev–Trinajstić information content (AvgIpc) is 2.94. The molecule has 0 unspecified atom stereocenters. The summed E-state index contributed by atoms with van der Waals surface area (Å²) in [5.41, 5.74) is 1.19. The molecule has 0 spiro atoms. The molecular weight excluding hydrogens is 236 g/mol. The number of aryl methyl sites for hydroxylation is 2. The summed E-state index contributed by atoms with van der Waals surface area (Å²) in [7, 11) is 1.82. The topological polar surface area (TPSA) is 82.2 Å². The Labute approximate surface area is 104 Å². The van der Waals surface area contributed by atoms with E-state index in [1.54, 1.807) is 17.6 Å². The van der Waals surface area contributed by atoms with Crippen molar-refractivity contribution in [3.8, 4) is 5.88 Å². The highest BCUT2D eigenvalue weighted by atomic mass is 16.6. The number of ether oxygens (including phenoxy) is 1. The quantitative estimate of drug-likeness (QED) is 0.782. The van der Waals surface area contributed by atoms with Crippen LogP contribution in [0.3, 0.4) is 0 Å². The lowest BCUT2D eigenvalue weighted by atomic mass is 10.4. The van der Waals surface area contributed by atoms with Crippen LogP contribution in [0.25, 0.3) is 0 Å². The van der Waals surface area contributed by atoms with E-state index in [9.17, 15) is 4.79 Å². The summed E-state index contributed by atoms with van der Waals surface area (Å²) < 4.78 is 11.5. The maximum absolute atomic E-state index is 11.7. The number of rotatable bonds is 5. The zero-order valence-electron chi connectivity index (χ0n) is 10.2. The molecule has 0 saturated heterocycles. The molecule has 1 N–H and O–H groups in total. The summed E-state index contributed by atoms with van der Waals surface area (Å²) in [5.74, 6) is 0.212. The predicted molar refractivity (Wildman–Crippen MR) is 62.3 cm³/mol. The molecule has 0 saturated carbocycles. The van der Waals surface area contributed by atoms with E-state index in [0.717, 1.165) is 0 Å². The highest BCUT2D eigenvalue weighted by Crippen LogP contribution is 2.09. The van der Waals surface area contributed by atoms with Crippen LogP contribution < -0.4 is 10.1 Å². The molecule has 96 valence electrons. The summed E-state index contributed by atoms with van der Waals surface area (Å²) in [6, 6.07) is 3.57. The molecule has 2 aromatic rings. The van der Waals surface area contributed by atoms with E-state index in [0.29, 0.717) is 30.4 Å². The number of carbonyl (C=O) groups is 1. The first-order chi connectivity index (χ1) is 8.68. The molecule has 0 aliphatic heterocycles. The van der Waals surface area contributed by atoms with Gasteiger partial charge in [0.2, 0.25) is 0 Å².